The van der Waals surface area contributed by atoms with Crippen LogP contribution in [0.25, 0.3) is 0 Å². The van der Waals surface area contributed by atoms with E-state index in [9.17, 15) is 4.79 Å². The average molecular weight is 279 g/mol. The molecule has 1 N–H and O–H groups in total. The Morgan fingerprint density at radius 3 is 2.35 bits per heavy atom. The van der Waals surface area contributed by atoms with Crippen molar-refractivity contribution in [3.8, 4) is 5.75 Å². The quantitative estimate of drug-likeness (QED) is 0.742. The second kappa shape index (κ2) is 8.59. The molecule has 0 bridgehead atoms. The third kappa shape index (κ3) is 6.06. The molecular formula is C16H25NO3. The monoisotopic (exact) mass is 279 g/mol. The van der Waals surface area contributed by atoms with Gasteiger partial charge in [-0.1, -0.05) is 26.0 Å². The minimum Gasteiger partial charge on any atom is -0.497 e. The summed E-state index contributed by atoms with van der Waals surface area (Å²) in [6, 6.07) is 8.03. The van der Waals surface area contributed by atoms with Gasteiger partial charge in [0.2, 0.25) is 0 Å². The van der Waals surface area contributed by atoms with Crippen molar-refractivity contribution < 1.29 is 14.3 Å². The molecule has 0 aliphatic heterocycles. The summed E-state index contributed by atoms with van der Waals surface area (Å²) < 4.78 is 9.91. The molecule has 0 aromatic heterocycles. The molecule has 1 aromatic rings. The first-order valence-corrected chi connectivity index (χ1v) is 6.98. The fourth-order valence-corrected chi connectivity index (χ4v) is 1.95. The number of rotatable bonds is 8. The molecule has 20 heavy (non-hydrogen) atoms. The van der Waals surface area contributed by atoms with Crippen LogP contribution in [0.5, 0.6) is 5.75 Å². The van der Waals surface area contributed by atoms with Crippen molar-refractivity contribution in [2.24, 2.45) is 5.92 Å². The molecule has 0 aliphatic rings. The van der Waals surface area contributed by atoms with Crippen molar-refractivity contribution in [3.05, 3.63) is 29.8 Å². The normalized spacial score (nSPS) is 12.2. The van der Waals surface area contributed by atoms with Gasteiger partial charge in [0, 0.05) is 6.04 Å². The van der Waals surface area contributed by atoms with Gasteiger partial charge in [-0.15, -0.1) is 0 Å². The summed E-state index contributed by atoms with van der Waals surface area (Å²) in [4.78, 5) is 11.5. The lowest BCUT2D eigenvalue weighted by molar-refractivity contribution is -0.141. The second-order valence-electron chi connectivity index (χ2n) is 5.33. The van der Waals surface area contributed by atoms with Gasteiger partial charge in [0.25, 0.3) is 0 Å². The van der Waals surface area contributed by atoms with Crippen LogP contribution in [0.4, 0.5) is 0 Å². The van der Waals surface area contributed by atoms with Gasteiger partial charge < -0.3 is 14.8 Å². The first kappa shape index (κ1) is 16.5. The zero-order chi connectivity index (χ0) is 15.0. The van der Waals surface area contributed by atoms with Gasteiger partial charge in [0.1, 0.15) is 5.75 Å². The van der Waals surface area contributed by atoms with E-state index in [1.54, 1.807) is 7.11 Å². The van der Waals surface area contributed by atoms with E-state index < -0.39 is 0 Å². The lowest BCUT2D eigenvalue weighted by Gasteiger charge is -2.19. The van der Waals surface area contributed by atoms with Crippen molar-refractivity contribution in [3.63, 3.8) is 0 Å². The summed E-state index contributed by atoms with van der Waals surface area (Å²) in [5, 5.41) is 3.43. The zero-order valence-corrected chi connectivity index (χ0v) is 12.8. The standard InChI is InChI=1S/C16H25NO3/c1-12(2)11-17-14(10-16(18)20-4)9-13-5-7-15(19-3)8-6-13/h5-8,12,14,17H,9-11H2,1-4H3. The van der Waals surface area contributed by atoms with Gasteiger partial charge in [-0.05, 0) is 36.6 Å². The van der Waals surface area contributed by atoms with E-state index >= 15 is 0 Å². The van der Waals surface area contributed by atoms with E-state index in [2.05, 4.69) is 19.2 Å². The molecule has 112 valence electrons. The van der Waals surface area contributed by atoms with Gasteiger partial charge >= 0.3 is 5.97 Å². The number of benzene rings is 1. The molecule has 4 nitrogen and oxygen atoms in total. The largest absolute Gasteiger partial charge is 0.497 e. The predicted molar refractivity (Wildman–Crippen MR) is 80.0 cm³/mol. The summed E-state index contributed by atoms with van der Waals surface area (Å²) in [5.74, 6) is 1.21. The summed E-state index contributed by atoms with van der Waals surface area (Å²) in [6.07, 6.45) is 1.18. The maximum absolute atomic E-state index is 11.5. The third-order valence-corrected chi connectivity index (χ3v) is 3.10. The Kier molecular flexibility index (Phi) is 7.09. The maximum atomic E-state index is 11.5. The fraction of sp³-hybridized carbons (Fsp3) is 0.562. The van der Waals surface area contributed by atoms with E-state index in [-0.39, 0.29) is 12.0 Å². The minimum absolute atomic E-state index is 0.0956. The smallest absolute Gasteiger partial charge is 0.307 e. The number of carbonyl (C=O) groups excluding carboxylic acids is 1. The number of hydrogen-bond acceptors (Lipinski definition) is 4. The minimum atomic E-state index is -0.181. The fourth-order valence-electron chi connectivity index (χ4n) is 1.95. The van der Waals surface area contributed by atoms with Crippen LogP contribution >= 0.6 is 0 Å². The van der Waals surface area contributed by atoms with Crippen LogP contribution in [0.1, 0.15) is 25.8 Å². The predicted octanol–water partition coefficient (Wildman–Crippen LogP) is 2.42. The van der Waals surface area contributed by atoms with Crippen molar-refractivity contribution in [2.45, 2.75) is 32.7 Å². The summed E-state index contributed by atoms with van der Waals surface area (Å²) in [5.41, 5.74) is 1.18. The van der Waals surface area contributed by atoms with Crippen molar-refractivity contribution in [1.29, 1.82) is 0 Å². The molecule has 0 aliphatic carbocycles. The molecule has 0 radical (unpaired) electrons. The molecule has 0 saturated carbocycles. The number of hydrogen-bond donors (Lipinski definition) is 1. The molecule has 0 amide bonds. The first-order chi connectivity index (χ1) is 9.55. The molecular weight excluding hydrogens is 254 g/mol. The SMILES string of the molecule is COC(=O)CC(Cc1ccc(OC)cc1)NCC(C)C. The Bertz CT molecular complexity index is 401. The zero-order valence-electron chi connectivity index (χ0n) is 12.8. The van der Waals surface area contributed by atoms with Crippen molar-refractivity contribution >= 4 is 5.97 Å². The molecule has 0 heterocycles. The number of esters is 1. The average Bonchev–Trinajstić information content (AvgIpc) is 2.45. The highest BCUT2D eigenvalue weighted by atomic mass is 16.5. The van der Waals surface area contributed by atoms with Gasteiger partial charge in [-0.3, -0.25) is 4.79 Å². The van der Waals surface area contributed by atoms with Crippen LogP contribution in [-0.2, 0) is 16.0 Å². The van der Waals surface area contributed by atoms with Crippen LogP contribution in [0.2, 0.25) is 0 Å². The summed E-state index contributed by atoms with van der Waals surface area (Å²) >= 11 is 0. The Morgan fingerprint density at radius 1 is 1.20 bits per heavy atom. The molecule has 4 heteroatoms. The lowest BCUT2D eigenvalue weighted by atomic mass is 10.0. The van der Waals surface area contributed by atoms with Crippen LogP contribution in [0.15, 0.2) is 24.3 Å². The number of carbonyl (C=O) groups is 1. The summed E-state index contributed by atoms with van der Waals surface area (Å²) in [7, 11) is 3.08. The Hall–Kier alpha value is -1.55. The molecule has 0 fully saturated rings. The molecule has 1 rings (SSSR count). The lowest BCUT2D eigenvalue weighted by Crippen LogP contribution is -2.36. The van der Waals surface area contributed by atoms with Gasteiger partial charge in [-0.25, -0.2) is 0 Å². The summed E-state index contributed by atoms with van der Waals surface area (Å²) in [6.45, 7) is 5.18. The van der Waals surface area contributed by atoms with Crippen molar-refractivity contribution in [1.82, 2.24) is 5.32 Å². The molecule has 0 saturated heterocycles. The Labute approximate surface area is 121 Å². The molecule has 1 aromatic carbocycles. The topological polar surface area (TPSA) is 47.6 Å². The molecule has 1 atom stereocenters. The van der Waals surface area contributed by atoms with E-state index in [4.69, 9.17) is 9.47 Å². The highest BCUT2D eigenvalue weighted by molar-refractivity contribution is 5.70. The molecule has 1 unspecified atom stereocenters. The van der Waals surface area contributed by atoms with Crippen LogP contribution in [0, 0.1) is 5.92 Å². The number of nitrogens with one attached hydrogen (secondary N) is 1. The number of methoxy groups -OCH3 is 2. The number of ether oxygens (including phenoxy) is 2. The molecule has 0 spiro atoms. The first-order valence-electron chi connectivity index (χ1n) is 6.98. The van der Waals surface area contributed by atoms with E-state index in [1.807, 2.05) is 24.3 Å². The van der Waals surface area contributed by atoms with Crippen LogP contribution < -0.4 is 10.1 Å². The van der Waals surface area contributed by atoms with Crippen molar-refractivity contribution in [2.75, 3.05) is 20.8 Å². The Morgan fingerprint density at radius 2 is 1.85 bits per heavy atom. The van der Waals surface area contributed by atoms with E-state index in [0.717, 1.165) is 18.7 Å². The maximum Gasteiger partial charge on any atom is 0.307 e. The second-order valence-corrected chi connectivity index (χ2v) is 5.33. The van der Waals surface area contributed by atoms with Gasteiger partial charge in [0.05, 0.1) is 20.6 Å². The highest BCUT2D eigenvalue weighted by Crippen LogP contribution is 2.14. The third-order valence-electron chi connectivity index (χ3n) is 3.10. The van der Waals surface area contributed by atoms with Crippen LogP contribution in [0.3, 0.4) is 0 Å². The van der Waals surface area contributed by atoms with Gasteiger partial charge in [-0.2, -0.15) is 0 Å². The van der Waals surface area contributed by atoms with Gasteiger partial charge in [0.15, 0.2) is 0 Å². The van der Waals surface area contributed by atoms with E-state index in [0.29, 0.717) is 12.3 Å². The van der Waals surface area contributed by atoms with E-state index in [1.165, 1.54) is 12.7 Å². The Balaban J connectivity index is 2.63. The van der Waals surface area contributed by atoms with Crippen LogP contribution in [-0.4, -0.2) is 32.8 Å². The highest BCUT2D eigenvalue weighted by Gasteiger charge is 2.15.